The van der Waals surface area contributed by atoms with E-state index in [0.29, 0.717) is 11.6 Å². The molecule has 2 heterocycles. The molecule has 0 aliphatic rings. The van der Waals surface area contributed by atoms with Gasteiger partial charge in [-0.05, 0) is 37.7 Å². The van der Waals surface area contributed by atoms with Gasteiger partial charge in [0.05, 0.1) is 11.7 Å². The summed E-state index contributed by atoms with van der Waals surface area (Å²) >= 11 is 0. The van der Waals surface area contributed by atoms with Crippen molar-refractivity contribution in [2.24, 2.45) is 0 Å². The molecule has 3 rings (SSSR count). The van der Waals surface area contributed by atoms with Crippen LogP contribution in [-0.2, 0) is 0 Å². The van der Waals surface area contributed by atoms with E-state index in [1.165, 1.54) is 0 Å². The number of hydrogen-bond acceptors (Lipinski definition) is 4. The van der Waals surface area contributed by atoms with E-state index in [-0.39, 0.29) is 6.04 Å². The van der Waals surface area contributed by atoms with Gasteiger partial charge >= 0.3 is 0 Å². The summed E-state index contributed by atoms with van der Waals surface area (Å²) in [6.07, 6.45) is 3.48. The molecule has 0 aliphatic carbocycles. The largest absolute Gasteiger partial charge is 0.437 e. The number of aromatic nitrogens is 2. The van der Waals surface area contributed by atoms with Crippen LogP contribution in [0.4, 0.5) is 0 Å². The van der Waals surface area contributed by atoms with Crippen LogP contribution in [0.3, 0.4) is 0 Å². The van der Waals surface area contributed by atoms with Crippen LogP contribution in [0.15, 0.2) is 54.9 Å². The van der Waals surface area contributed by atoms with Crippen molar-refractivity contribution in [2.75, 3.05) is 7.05 Å². The second-order valence-corrected chi connectivity index (χ2v) is 4.90. The van der Waals surface area contributed by atoms with Crippen molar-refractivity contribution < 1.29 is 4.74 Å². The van der Waals surface area contributed by atoms with Crippen LogP contribution in [0.25, 0.3) is 10.9 Å². The van der Waals surface area contributed by atoms with E-state index in [1.54, 1.807) is 12.4 Å². The molecule has 2 aromatic heterocycles. The van der Waals surface area contributed by atoms with Gasteiger partial charge in [-0.3, -0.25) is 4.98 Å². The number of fused-ring (bicyclic) bond motifs is 1. The molecule has 0 saturated carbocycles. The normalized spacial score (nSPS) is 12.3. The molecule has 0 saturated heterocycles. The fraction of sp³-hybridized carbons (Fsp3) is 0.176. The van der Waals surface area contributed by atoms with E-state index in [1.807, 2.05) is 49.5 Å². The first-order valence-electron chi connectivity index (χ1n) is 6.92. The second kappa shape index (κ2) is 5.89. The van der Waals surface area contributed by atoms with Gasteiger partial charge in [-0.1, -0.05) is 18.2 Å². The summed E-state index contributed by atoms with van der Waals surface area (Å²) in [5, 5.41) is 4.25. The van der Waals surface area contributed by atoms with Crippen LogP contribution in [0, 0.1) is 0 Å². The fourth-order valence-corrected chi connectivity index (χ4v) is 2.14. The molecule has 0 aliphatic heterocycles. The minimum atomic E-state index is 0.255. The molecular weight excluding hydrogens is 262 g/mol. The minimum absolute atomic E-state index is 0.255. The first kappa shape index (κ1) is 13.5. The van der Waals surface area contributed by atoms with Gasteiger partial charge in [-0.15, -0.1) is 0 Å². The third kappa shape index (κ3) is 3.01. The van der Waals surface area contributed by atoms with E-state index >= 15 is 0 Å². The van der Waals surface area contributed by atoms with E-state index in [2.05, 4.69) is 22.2 Å². The molecule has 1 atom stereocenters. The smallest absolute Gasteiger partial charge is 0.219 e. The van der Waals surface area contributed by atoms with Crippen molar-refractivity contribution in [1.82, 2.24) is 15.3 Å². The highest BCUT2D eigenvalue weighted by atomic mass is 16.5. The molecule has 0 radical (unpaired) electrons. The summed E-state index contributed by atoms with van der Waals surface area (Å²) in [6.45, 7) is 2.09. The van der Waals surface area contributed by atoms with Gasteiger partial charge in [0.2, 0.25) is 5.88 Å². The summed E-state index contributed by atoms with van der Waals surface area (Å²) in [5.41, 5.74) is 2.09. The Morgan fingerprint density at radius 2 is 1.95 bits per heavy atom. The molecule has 4 heteroatoms. The number of para-hydroxylation sites is 1. The van der Waals surface area contributed by atoms with Crippen LogP contribution < -0.4 is 10.1 Å². The third-order valence-corrected chi connectivity index (χ3v) is 3.48. The van der Waals surface area contributed by atoms with Crippen LogP contribution in [-0.4, -0.2) is 17.0 Å². The highest BCUT2D eigenvalue weighted by Gasteiger charge is 2.06. The zero-order chi connectivity index (χ0) is 14.7. The van der Waals surface area contributed by atoms with E-state index in [0.717, 1.165) is 16.5 Å². The van der Waals surface area contributed by atoms with E-state index in [4.69, 9.17) is 4.74 Å². The Morgan fingerprint density at radius 3 is 2.81 bits per heavy atom. The Bertz CT molecular complexity index is 758. The van der Waals surface area contributed by atoms with Crippen molar-refractivity contribution in [3.8, 4) is 11.6 Å². The lowest BCUT2D eigenvalue weighted by molar-refractivity contribution is 0.459. The van der Waals surface area contributed by atoms with Crippen molar-refractivity contribution >= 4 is 10.9 Å². The second-order valence-electron chi connectivity index (χ2n) is 4.90. The molecule has 0 amide bonds. The van der Waals surface area contributed by atoms with Crippen LogP contribution in [0.1, 0.15) is 18.5 Å². The van der Waals surface area contributed by atoms with Gasteiger partial charge in [0.25, 0.3) is 0 Å². The molecule has 4 nitrogen and oxygen atoms in total. The highest BCUT2D eigenvalue weighted by Crippen LogP contribution is 2.24. The molecule has 1 aromatic carbocycles. The Kier molecular flexibility index (Phi) is 3.79. The number of pyridine rings is 2. The summed E-state index contributed by atoms with van der Waals surface area (Å²) in [7, 11) is 1.93. The average Bonchev–Trinajstić information content (AvgIpc) is 2.54. The van der Waals surface area contributed by atoms with E-state index in [9.17, 15) is 0 Å². The van der Waals surface area contributed by atoms with Gasteiger partial charge < -0.3 is 10.1 Å². The topological polar surface area (TPSA) is 47.0 Å². The summed E-state index contributed by atoms with van der Waals surface area (Å²) < 4.78 is 5.82. The van der Waals surface area contributed by atoms with Gasteiger partial charge in [0.1, 0.15) is 5.75 Å². The molecule has 0 spiro atoms. The van der Waals surface area contributed by atoms with Crippen molar-refractivity contribution in [3.63, 3.8) is 0 Å². The lowest BCUT2D eigenvalue weighted by Crippen LogP contribution is -2.12. The summed E-state index contributed by atoms with van der Waals surface area (Å²) in [6, 6.07) is 14.1. The number of ether oxygens (including phenoxy) is 1. The molecule has 0 fully saturated rings. The predicted octanol–water partition coefficient (Wildman–Crippen LogP) is 3.70. The molecular formula is C17H17N3O. The highest BCUT2D eigenvalue weighted by molar-refractivity contribution is 5.79. The Balaban J connectivity index is 1.87. The van der Waals surface area contributed by atoms with Gasteiger partial charge in [0.15, 0.2) is 0 Å². The Labute approximate surface area is 123 Å². The fourth-order valence-electron chi connectivity index (χ4n) is 2.14. The molecule has 106 valence electrons. The predicted molar refractivity (Wildman–Crippen MR) is 83.5 cm³/mol. The maximum atomic E-state index is 5.82. The zero-order valence-electron chi connectivity index (χ0n) is 12.1. The zero-order valence-corrected chi connectivity index (χ0v) is 12.1. The summed E-state index contributed by atoms with van der Waals surface area (Å²) in [4.78, 5) is 8.64. The van der Waals surface area contributed by atoms with Crippen molar-refractivity contribution in [1.29, 1.82) is 0 Å². The number of benzene rings is 1. The van der Waals surface area contributed by atoms with Crippen molar-refractivity contribution in [2.45, 2.75) is 13.0 Å². The third-order valence-electron chi connectivity index (χ3n) is 3.48. The Morgan fingerprint density at radius 1 is 1.10 bits per heavy atom. The number of rotatable bonds is 4. The first-order valence-corrected chi connectivity index (χ1v) is 6.92. The van der Waals surface area contributed by atoms with E-state index < -0.39 is 0 Å². The maximum absolute atomic E-state index is 5.82. The number of nitrogens with one attached hydrogen (secondary N) is 1. The standard InChI is InChI=1S/C17H17N3O/c1-12(18-2)13-7-8-19-17(10-13)21-15-9-14-5-3-4-6-16(14)20-11-15/h3-12,18H,1-2H3. The molecule has 1 unspecified atom stereocenters. The van der Waals surface area contributed by atoms with Crippen LogP contribution in [0.5, 0.6) is 11.6 Å². The lowest BCUT2D eigenvalue weighted by Gasteiger charge is -2.12. The monoisotopic (exact) mass is 279 g/mol. The molecule has 21 heavy (non-hydrogen) atoms. The first-order chi connectivity index (χ1) is 10.3. The Hall–Kier alpha value is -2.46. The van der Waals surface area contributed by atoms with Gasteiger partial charge in [-0.25, -0.2) is 4.98 Å². The quantitative estimate of drug-likeness (QED) is 0.791. The molecule has 1 N–H and O–H groups in total. The summed E-state index contributed by atoms with van der Waals surface area (Å²) in [5.74, 6) is 1.27. The molecule has 3 aromatic rings. The average molecular weight is 279 g/mol. The lowest BCUT2D eigenvalue weighted by atomic mass is 10.1. The molecule has 0 bridgehead atoms. The van der Waals surface area contributed by atoms with Gasteiger partial charge in [0, 0.05) is 23.7 Å². The number of hydrogen-bond donors (Lipinski definition) is 1. The van der Waals surface area contributed by atoms with Crippen LogP contribution in [0.2, 0.25) is 0 Å². The van der Waals surface area contributed by atoms with Crippen LogP contribution >= 0.6 is 0 Å². The minimum Gasteiger partial charge on any atom is -0.437 e. The number of nitrogens with zero attached hydrogens (tertiary/aromatic N) is 2. The SMILES string of the molecule is CNC(C)c1ccnc(Oc2cnc3ccccc3c2)c1. The van der Waals surface area contributed by atoms with Crippen molar-refractivity contribution in [3.05, 3.63) is 60.4 Å². The maximum Gasteiger partial charge on any atom is 0.219 e. The van der Waals surface area contributed by atoms with Gasteiger partial charge in [-0.2, -0.15) is 0 Å².